The molecule has 0 saturated carbocycles. The lowest BCUT2D eigenvalue weighted by molar-refractivity contribution is -0.385. The summed E-state index contributed by atoms with van der Waals surface area (Å²) in [5.41, 5.74) is 0.958. The van der Waals surface area contributed by atoms with Gasteiger partial charge in [-0.15, -0.1) is 0 Å². The molecular weight excluding hydrogens is 310 g/mol. The fourth-order valence-electron chi connectivity index (χ4n) is 1.73. The Kier molecular flexibility index (Phi) is 4.16. The Hall–Kier alpha value is -1.88. The molecule has 0 spiro atoms. The lowest BCUT2D eigenvalue weighted by Gasteiger charge is -2.10. The summed E-state index contributed by atoms with van der Waals surface area (Å²) >= 11 is 3.22. The van der Waals surface area contributed by atoms with Crippen LogP contribution in [0.15, 0.2) is 46.9 Å². The number of nitro groups is 1. The van der Waals surface area contributed by atoms with Gasteiger partial charge >= 0.3 is 5.69 Å². The van der Waals surface area contributed by atoms with Gasteiger partial charge in [-0.2, -0.15) is 0 Å². The van der Waals surface area contributed by atoms with Crippen molar-refractivity contribution in [2.45, 2.75) is 13.3 Å². The van der Waals surface area contributed by atoms with Crippen molar-refractivity contribution in [2.24, 2.45) is 0 Å². The quantitative estimate of drug-likeness (QED) is 0.605. The van der Waals surface area contributed by atoms with Gasteiger partial charge in [0.15, 0.2) is 0 Å². The Bertz CT molecular complexity index is 613. The molecule has 0 fully saturated rings. The molecule has 98 valence electrons. The molecule has 0 aliphatic heterocycles. The number of hydrogen-bond donors (Lipinski definition) is 0. The third-order valence-corrected chi connectivity index (χ3v) is 3.18. The lowest BCUT2D eigenvalue weighted by atomic mass is 10.1. The first-order chi connectivity index (χ1) is 9.11. The third-order valence-electron chi connectivity index (χ3n) is 2.69. The molecule has 0 bridgehead atoms. The summed E-state index contributed by atoms with van der Waals surface area (Å²) in [4.78, 5) is 10.6. The Labute approximate surface area is 119 Å². The summed E-state index contributed by atoms with van der Waals surface area (Å²) < 4.78 is 6.33. The highest BCUT2D eigenvalue weighted by atomic mass is 79.9. The second kappa shape index (κ2) is 5.84. The third kappa shape index (κ3) is 3.12. The summed E-state index contributed by atoms with van der Waals surface area (Å²) in [5.74, 6) is 0.893. The van der Waals surface area contributed by atoms with Crippen molar-refractivity contribution < 1.29 is 9.66 Å². The van der Waals surface area contributed by atoms with Gasteiger partial charge in [0.1, 0.15) is 5.75 Å². The maximum absolute atomic E-state index is 11.0. The molecule has 0 atom stereocenters. The van der Waals surface area contributed by atoms with E-state index in [4.69, 9.17) is 4.74 Å². The van der Waals surface area contributed by atoms with Crippen LogP contribution >= 0.6 is 15.9 Å². The number of nitrogens with zero attached hydrogens (tertiary/aromatic N) is 1. The average molecular weight is 322 g/mol. The largest absolute Gasteiger partial charge is 0.450 e. The summed E-state index contributed by atoms with van der Waals surface area (Å²) in [6, 6.07) is 12.3. The first-order valence-electron chi connectivity index (χ1n) is 5.81. The smallest absolute Gasteiger partial charge is 0.312 e. The Morgan fingerprint density at radius 1 is 1.21 bits per heavy atom. The molecule has 0 aliphatic carbocycles. The normalized spacial score (nSPS) is 10.2. The van der Waals surface area contributed by atoms with Crippen molar-refractivity contribution in [3.05, 3.63) is 62.6 Å². The van der Waals surface area contributed by atoms with E-state index in [1.54, 1.807) is 12.1 Å². The van der Waals surface area contributed by atoms with Crippen LogP contribution in [0.3, 0.4) is 0 Å². The predicted octanol–water partition coefficient (Wildman–Crippen LogP) is 4.71. The molecule has 0 N–H and O–H groups in total. The second-order valence-corrected chi connectivity index (χ2v) is 4.85. The van der Waals surface area contributed by atoms with Crippen LogP contribution in [-0.2, 0) is 6.42 Å². The zero-order valence-electron chi connectivity index (χ0n) is 10.3. The van der Waals surface area contributed by atoms with E-state index in [1.807, 2.05) is 31.2 Å². The van der Waals surface area contributed by atoms with Crippen molar-refractivity contribution in [3.63, 3.8) is 0 Å². The van der Waals surface area contributed by atoms with Gasteiger partial charge in [-0.1, -0.05) is 41.1 Å². The zero-order chi connectivity index (χ0) is 13.8. The molecule has 0 heterocycles. The van der Waals surface area contributed by atoms with E-state index >= 15 is 0 Å². The zero-order valence-corrected chi connectivity index (χ0v) is 11.9. The molecule has 0 amide bonds. The van der Waals surface area contributed by atoms with Gasteiger partial charge in [-0.25, -0.2) is 0 Å². The number of nitro benzene ring substituents is 1. The van der Waals surface area contributed by atoms with E-state index in [0.29, 0.717) is 10.2 Å². The van der Waals surface area contributed by atoms with Crippen molar-refractivity contribution in [1.82, 2.24) is 0 Å². The van der Waals surface area contributed by atoms with Crippen LogP contribution in [0.4, 0.5) is 5.69 Å². The van der Waals surface area contributed by atoms with Gasteiger partial charge in [0, 0.05) is 10.5 Å². The van der Waals surface area contributed by atoms with E-state index in [9.17, 15) is 10.1 Å². The number of para-hydroxylation sites is 1. The van der Waals surface area contributed by atoms with Gasteiger partial charge in [-0.05, 0) is 30.2 Å². The second-order valence-electron chi connectivity index (χ2n) is 3.93. The number of rotatable bonds is 4. The minimum Gasteiger partial charge on any atom is -0.450 e. The van der Waals surface area contributed by atoms with E-state index in [2.05, 4.69) is 15.9 Å². The van der Waals surface area contributed by atoms with Gasteiger partial charge in [0.25, 0.3) is 0 Å². The Morgan fingerprint density at radius 3 is 2.63 bits per heavy atom. The van der Waals surface area contributed by atoms with Crippen LogP contribution < -0.4 is 4.74 Å². The molecule has 0 aliphatic rings. The van der Waals surface area contributed by atoms with Gasteiger partial charge in [0.05, 0.1) is 4.92 Å². The van der Waals surface area contributed by atoms with E-state index < -0.39 is 4.92 Å². The van der Waals surface area contributed by atoms with E-state index in [-0.39, 0.29) is 11.4 Å². The minimum absolute atomic E-state index is 0.0553. The highest BCUT2D eigenvalue weighted by molar-refractivity contribution is 9.10. The molecule has 19 heavy (non-hydrogen) atoms. The number of benzene rings is 2. The first-order valence-corrected chi connectivity index (χ1v) is 6.61. The fourth-order valence-corrected chi connectivity index (χ4v) is 2.08. The summed E-state index contributed by atoms with van der Waals surface area (Å²) in [6.07, 6.45) is 0.806. The molecule has 2 aromatic rings. The summed E-state index contributed by atoms with van der Waals surface area (Å²) in [7, 11) is 0. The molecule has 0 unspecified atom stereocenters. The standard InChI is InChI=1S/C14H12BrNO3/c1-2-10-5-3-4-6-13(10)19-14-8-7-11(15)9-12(14)16(17)18/h3-9H,2H2,1H3. The molecule has 0 saturated heterocycles. The van der Waals surface area contributed by atoms with Crippen LogP contribution in [0, 0.1) is 10.1 Å². The van der Waals surface area contributed by atoms with Gasteiger partial charge < -0.3 is 4.74 Å². The van der Waals surface area contributed by atoms with Crippen molar-refractivity contribution in [3.8, 4) is 11.5 Å². The molecule has 0 aromatic heterocycles. The molecule has 2 aromatic carbocycles. The van der Waals surface area contributed by atoms with Crippen molar-refractivity contribution >= 4 is 21.6 Å². The summed E-state index contributed by atoms with van der Waals surface area (Å²) in [6.45, 7) is 2.01. The van der Waals surface area contributed by atoms with Crippen LogP contribution in [0.5, 0.6) is 11.5 Å². The fraction of sp³-hybridized carbons (Fsp3) is 0.143. The van der Waals surface area contributed by atoms with Crippen LogP contribution in [0.2, 0.25) is 0 Å². The van der Waals surface area contributed by atoms with Crippen molar-refractivity contribution in [2.75, 3.05) is 0 Å². The van der Waals surface area contributed by atoms with E-state index in [1.165, 1.54) is 6.07 Å². The van der Waals surface area contributed by atoms with Crippen molar-refractivity contribution in [1.29, 1.82) is 0 Å². The molecular formula is C14H12BrNO3. The number of halogens is 1. The minimum atomic E-state index is -0.450. The SMILES string of the molecule is CCc1ccccc1Oc1ccc(Br)cc1[N+](=O)[O-]. The Morgan fingerprint density at radius 2 is 1.95 bits per heavy atom. The van der Waals surface area contributed by atoms with Gasteiger partial charge in [-0.3, -0.25) is 10.1 Å². The number of hydrogen-bond acceptors (Lipinski definition) is 3. The highest BCUT2D eigenvalue weighted by Crippen LogP contribution is 2.34. The average Bonchev–Trinajstić information content (AvgIpc) is 2.41. The van der Waals surface area contributed by atoms with Crippen LogP contribution in [0.25, 0.3) is 0 Å². The Balaban J connectivity index is 2.41. The predicted molar refractivity (Wildman–Crippen MR) is 76.7 cm³/mol. The monoisotopic (exact) mass is 321 g/mol. The maximum atomic E-state index is 11.0. The molecule has 5 heteroatoms. The first kappa shape index (κ1) is 13.5. The van der Waals surface area contributed by atoms with Gasteiger partial charge in [0.2, 0.25) is 5.75 Å². The number of aryl methyl sites for hydroxylation is 1. The summed E-state index contributed by atoms with van der Waals surface area (Å²) in [5, 5.41) is 11.0. The molecule has 2 rings (SSSR count). The van der Waals surface area contributed by atoms with E-state index in [0.717, 1.165) is 12.0 Å². The lowest BCUT2D eigenvalue weighted by Crippen LogP contribution is -1.95. The molecule has 0 radical (unpaired) electrons. The molecule has 4 nitrogen and oxygen atoms in total. The highest BCUT2D eigenvalue weighted by Gasteiger charge is 2.17. The van der Waals surface area contributed by atoms with Crippen LogP contribution in [-0.4, -0.2) is 4.92 Å². The number of ether oxygens (including phenoxy) is 1. The topological polar surface area (TPSA) is 52.4 Å². The van der Waals surface area contributed by atoms with Crippen LogP contribution in [0.1, 0.15) is 12.5 Å². The maximum Gasteiger partial charge on any atom is 0.312 e.